The molecular weight excluding hydrogens is 320 g/mol. The lowest BCUT2D eigenvalue weighted by molar-refractivity contribution is 0.0647. The molecule has 4 heterocycles. The quantitative estimate of drug-likeness (QED) is 0.792. The number of amides is 2. The predicted molar refractivity (Wildman–Crippen MR) is 90.3 cm³/mol. The summed E-state index contributed by atoms with van der Waals surface area (Å²) >= 11 is 0. The largest absolute Gasteiger partial charge is 0.459 e. The summed E-state index contributed by atoms with van der Waals surface area (Å²) in [6.07, 6.45) is 6.64. The predicted octanol–water partition coefficient (Wildman–Crippen LogP) is 1.96. The summed E-state index contributed by atoms with van der Waals surface area (Å²) < 4.78 is 6.89. The SMILES string of the molecule is O=C(NC1CCCN(C(=O)c2ccco2)C1)c1ccn2nccc2c1. The van der Waals surface area contributed by atoms with Crippen molar-refractivity contribution in [2.24, 2.45) is 0 Å². The lowest BCUT2D eigenvalue weighted by atomic mass is 10.0. The van der Waals surface area contributed by atoms with Crippen LogP contribution in [0.15, 0.2) is 53.4 Å². The maximum absolute atomic E-state index is 12.5. The number of carbonyl (C=O) groups excluding carboxylic acids is 2. The molecule has 7 heteroatoms. The number of hydrogen-bond donors (Lipinski definition) is 1. The lowest BCUT2D eigenvalue weighted by Crippen LogP contribution is -2.49. The van der Waals surface area contributed by atoms with Crippen molar-refractivity contribution < 1.29 is 14.0 Å². The Morgan fingerprint density at radius 3 is 3.04 bits per heavy atom. The first-order chi connectivity index (χ1) is 12.2. The van der Waals surface area contributed by atoms with Crippen molar-refractivity contribution in [3.8, 4) is 0 Å². The van der Waals surface area contributed by atoms with Gasteiger partial charge in [-0.05, 0) is 43.2 Å². The molecular formula is C18H18N4O3. The first-order valence-electron chi connectivity index (χ1n) is 8.28. The lowest BCUT2D eigenvalue weighted by Gasteiger charge is -2.32. The number of nitrogens with one attached hydrogen (secondary N) is 1. The fourth-order valence-corrected chi connectivity index (χ4v) is 3.17. The fraction of sp³-hybridized carbons (Fsp3) is 0.278. The Balaban J connectivity index is 1.43. The van der Waals surface area contributed by atoms with Crippen molar-refractivity contribution in [2.75, 3.05) is 13.1 Å². The van der Waals surface area contributed by atoms with E-state index in [1.165, 1.54) is 6.26 Å². The van der Waals surface area contributed by atoms with Gasteiger partial charge in [0.2, 0.25) is 0 Å². The molecule has 1 N–H and O–H groups in total. The zero-order chi connectivity index (χ0) is 17.2. The normalized spacial score (nSPS) is 17.6. The molecule has 7 nitrogen and oxygen atoms in total. The Morgan fingerprint density at radius 2 is 2.20 bits per heavy atom. The molecule has 0 aliphatic carbocycles. The molecule has 128 valence electrons. The van der Waals surface area contributed by atoms with E-state index in [2.05, 4.69) is 10.4 Å². The van der Waals surface area contributed by atoms with E-state index in [1.807, 2.05) is 6.07 Å². The van der Waals surface area contributed by atoms with Crippen LogP contribution in [0.5, 0.6) is 0 Å². The Hall–Kier alpha value is -3.09. The van der Waals surface area contributed by atoms with Crippen molar-refractivity contribution in [3.05, 3.63) is 60.3 Å². The monoisotopic (exact) mass is 338 g/mol. The van der Waals surface area contributed by atoms with Crippen LogP contribution in [0, 0.1) is 0 Å². The molecule has 1 atom stereocenters. The molecule has 0 radical (unpaired) electrons. The fourth-order valence-electron chi connectivity index (χ4n) is 3.17. The maximum Gasteiger partial charge on any atom is 0.289 e. The first kappa shape index (κ1) is 15.4. The van der Waals surface area contributed by atoms with Gasteiger partial charge in [0.25, 0.3) is 11.8 Å². The number of furan rings is 1. The van der Waals surface area contributed by atoms with Gasteiger partial charge in [0.05, 0.1) is 11.8 Å². The molecule has 4 rings (SSSR count). The molecule has 1 aliphatic heterocycles. The summed E-state index contributed by atoms with van der Waals surface area (Å²) in [5.74, 6) is 0.0591. The number of hydrogen-bond acceptors (Lipinski definition) is 4. The highest BCUT2D eigenvalue weighted by molar-refractivity contribution is 5.95. The molecule has 0 spiro atoms. The maximum atomic E-state index is 12.5. The summed E-state index contributed by atoms with van der Waals surface area (Å²) in [7, 11) is 0. The van der Waals surface area contributed by atoms with E-state index in [0.717, 1.165) is 18.4 Å². The number of piperidine rings is 1. The Morgan fingerprint density at radius 1 is 1.28 bits per heavy atom. The van der Waals surface area contributed by atoms with Crippen LogP contribution >= 0.6 is 0 Å². The smallest absolute Gasteiger partial charge is 0.289 e. The number of pyridine rings is 1. The van der Waals surface area contributed by atoms with E-state index in [4.69, 9.17) is 4.42 Å². The van der Waals surface area contributed by atoms with E-state index in [1.54, 1.807) is 46.1 Å². The molecule has 1 saturated heterocycles. The van der Waals surface area contributed by atoms with Crippen molar-refractivity contribution >= 4 is 17.3 Å². The average Bonchev–Trinajstić information content (AvgIpc) is 3.32. The van der Waals surface area contributed by atoms with Gasteiger partial charge in [-0.3, -0.25) is 9.59 Å². The molecule has 25 heavy (non-hydrogen) atoms. The number of likely N-dealkylation sites (tertiary alicyclic amines) is 1. The van der Waals surface area contributed by atoms with Crippen LogP contribution in [-0.2, 0) is 0 Å². The van der Waals surface area contributed by atoms with Crippen LogP contribution in [0.2, 0.25) is 0 Å². The molecule has 3 aromatic rings. The standard InChI is InChI=1S/C18H18N4O3/c23-17(13-6-9-22-15(11-13)5-7-19-22)20-14-3-1-8-21(12-14)18(24)16-4-2-10-25-16/h2,4-7,9-11,14H,1,3,8,12H2,(H,20,23). The van der Waals surface area contributed by atoms with Gasteiger partial charge in [-0.15, -0.1) is 0 Å². The van der Waals surface area contributed by atoms with Crippen LogP contribution in [0.25, 0.3) is 5.52 Å². The van der Waals surface area contributed by atoms with Crippen LogP contribution < -0.4 is 5.32 Å². The van der Waals surface area contributed by atoms with Crippen LogP contribution in [0.4, 0.5) is 0 Å². The summed E-state index contributed by atoms with van der Waals surface area (Å²) in [4.78, 5) is 26.6. The number of rotatable bonds is 3. The van der Waals surface area contributed by atoms with Gasteiger partial charge in [-0.2, -0.15) is 5.10 Å². The van der Waals surface area contributed by atoms with Crippen LogP contribution in [0.1, 0.15) is 33.8 Å². The van der Waals surface area contributed by atoms with Crippen molar-refractivity contribution in [3.63, 3.8) is 0 Å². The third kappa shape index (κ3) is 3.13. The molecule has 1 unspecified atom stereocenters. The highest BCUT2D eigenvalue weighted by Crippen LogP contribution is 2.15. The third-order valence-corrected chi connectivity index (χ3v) is 4.44. The summed E-state index contributed by atoms with van der Waals surface area (Å²) in [5.41, 5.74) is 1.45. The summed E-state index contributed by atoms with van der Waals surface area (Å²) in [5, 5.41) is 7.15. The Bertz CT molecular complexity index is 900. The minimum atomic E-state index is -0.138. The molecule has 0 bridgehead atoms. The van der Waals surface area contributed by atoms with Gasteiger partial charge in [-0.1, -0.05) is 0 Å². The Kier molecular flexibility index (Phi) is 3.97. The Labute approximate surface area is 144 Å². The number of carbonyl (C=O) groups is 2. The van der Waals surface area contributed by atoms with Gasteiger partial charge in [-0.25, -0.2) is 4.52 Å². The van der Waals surface area contributed by atoms with Gasteiger partial charge < -0.3 is 14.6 Å². The zero-order valence-corrected chi connectivity index (χ0v) is 13.6. The van der Waals surface area contributed by atoms with Crippen molar-refractivity contribution in [1.29, 1.82) is 0 Å². The summed E-state index contributed by atoms with van der Waals surface area (Å²) in [6, 6.07) is 8.68. The second-order valence-electron chi connectivity index (χ2n) is 6.16. The number of fused-ring (bicyclic) bond motifs is 1. The average molecular weight is 338 g/mol. The topological polar surface area (TPSA) is 79.9 Å². The minimum Gasteiger partial charge on any atom is -0.459 e. The highest BCUT2D eigenvalue weighted by Gasteiger charge is 2.27. The number of nitrogens with zero attached hydrogens (tertiary/aromatic N) is 3. The number of aromatic nitrogens is 2. The first-order valence-corrected chi connectivity index (χ1v) is 8.28. The van der Waals surface area contributed by atoms with Gasteiger partial charge in [0, 0.05) is 37.1 Å². The van der Waals surface area contributed by atoms with Crippen molar-refractivity contribution in [2.45, 2.75) is 18.9 Å². The zero-order valence-electron chi connectivity index (χ0n) is 13.6. The molecule has 1 aliphatic rings. The van der Waals surface area contributed by atoms with E-state index in [9.17, 15) is 9.59 Å². The van der Waals surface area contributed by atoms with Gasteiger partial charge in [0.1, 0.15) is 0 Å². The van der Waals surface area contributed by atoms with E-state index >= 15 is 0 Å². The van der Waals surface area contributed by atoms with Gasteiger partial charge in [0.15, 0.2) is 5.76 Å². The van der Waals surface area contributed by atoms with E-state index < -0.39 is 0 Å². The molecule has 2 amide bonds. The van der Waals surface area contributed by atoms with Crippen LogP contribution in [-0.4, -0.2) is 45.5 Å². The van der Waals surface area contributed by atoms with E-state index in [0.29, 0.717) is 24.4 Å². The van der Waals surface area contributed by atoms with Gasteiger partial charge >= 0.3 is 0 Å². The third-order valence-electron chi connectivity index (χ3n) is 4.44. The molecule has 0 aromatic carbocycles. The van der Waals surface area contributed by atoms with E-state index in [-0.39, 0.29) is 17.9 Å². The molecule has 3 aromatic heterocycles. The van der Waals surface area contributed by atoms with Crippen LogP contribution in [0.3, 0.4) is 0 Å². The highest BCUT2D eigenvalue weighted by atomic mass is 16.3. The summed E-state index contributed by atoms with van der Waals surface area (Å²) in [6.45, 7) is 1.16. The molecule has 0 saturated carbocycles. The van der Waals surface area contributed by atoms with Crippen molar-refractivity contribution in [1.82, 2.24) is 19.8 Å². The minimum absolute atomic E-state index is 0.0682. The molecule has 1 fully saturated rings. The second kappa shape index (κ2) is 6.43. The second-order valence-corrected chi connectivity index (χ2v) is 6.16.